The van der Waals surface area contributed by atoms with Gasteiger partial charge in [-0.3, -0.25) is 0 Å². The standard InChI is InChI=1S/C15H29N3O3S/c1-3-11-22(20,21)18-9-7-15(8-10-18,12-13-5-6-13)17-14(19)16-4-2/h13H,3-12H2,1-2H3,(H2,16,17,19). The zero-order valence-electron chi connectivity index (χ0n) is 13.7. The molecule has 1 aliphatic heterocycles. The summed E-state index contributed by atoms with van der Waals surface area (Å²) in [4.78, 5) is 11.9. The van der Waals surface area contributed by atoms with E-state index in [0.29, 0.717) is 44.8 Å². The summed E-state index contributed by atoms with van der Waals surface area (Å²) in [5, 5.41) is 5.93. The fourth-order valence-corrected chi connectivity index (χ4v) is 4.79. The predicted molar refractivity (Wildman–Crippen MR) is 87.2 cm³/mol. The van der Waals surface area contributed by atoms with Crippen LogP contribution in [0.15, 0.2) is 0 Å². The van der Waals surface area contributed by atoms with Crippen LogP contribution >= 0.6 is 0 Å². The van der Waals surface area contributed by atoms with E-state index in [-0.39, 0.29) is 17.3 Å². The van der Waals surface area contributed by atoms with Gasteiger partial charge in [0.1, 0.15) is 0 Å². The van der Waals surface area contributed by atoms with Crippen LogP contribution in [0.3, 0.4) is 0 Å². The van der Waals surface area contributed by atoms with Crippen LogP contribution in [-0.4, -0.2) is 49.7 Å². The van der Waals surface area contributed by atoms with Gasteiger partial charge in [0.15, 0.2) is 0 Å². The Morgan fingerprint density at radius 2 is 1.86 bits per heavy atom. The molecule has 22 heavy (non-hydrogen) atoms. The molecule has 1 heterocycles. The maximum absolute atomic E-state index is 12.2. The van der Waals surface area contributed by atoms with Gasteiger partial charge in [0.25, 0.3) is 0 Å². The Balaban J connectivity index is 1.99. The van der Waals surface area contributed by atoms with Gasteiger partial charge in [-0.25, -0.2) is 17.5 Å². The third kappa shape index (κ3) is 4.59. The summed E-state index contributed by atoms with van der Waals surface area (Å²) in [5.41, 5.74) is -0.237. The van der Waals surface area contributed by atoms with Crippen LogP contribution in [0.25, 0.3) is 0 Å². The molecule has 0 atom stereocenters. The first-order valence-corrected chi connectivity index (χ1v) is 10.1. The third-order valence-corrected chi connectivity index (χ3v) is 6.70. The minimum Gasteiger partial charge on any atom is -0.338 e. The Kier molecular flexibility index (Phi) is 5.71. The van der Waals surface area contributed by atoms with Crippen LogP contribution in [0.2, 0.25) is 0 Å². The molecule has 0 aromatic heterocycles. The molecule has 2 rings (SSSR count). The summed E-state index contributed by atoms with van der Waals surface area (Å²) in [6.07, 6.45) is 5.51. The summed E-state index contributed by atoms with van der Waals surface area (Å²) in [6.45, 7) is 5.41. The Hall–Kier alpha value is -0.820. The number of nitrogens with zero attached hydrogens (tertiary/aromatic N) is 1. The topological polar surface area (TPSA) is 78.5 Å². The van der Waals surface area contributed by atoms with Crippen LogP contribution in [-0.2, 0) is 10.0 Å². The second-order valence-electron chi connectivity index (χ2n) is 6.63. The molecule has 0 unspecified atom stereocenters. The first kappa shape index (κ1) is 17.5. The van der Waals surface area contributed by atoms with Crippen molar-refractivity contribution in [1.82, 2.24) is 14.9 Å². The molecule has 0 bridgehead atoms. The van der Waals surface area contributed by atoms with E-state index < -0.39 is 10.0 Å². The number of carbonyl (C=O) groups excluding carboxylic acids is 1. The van der Waals surface area contributed by atoms with E-state index >= 15 is 0 Å². The smallest absolute Gasteiger partial charge is 0.315 e. The zero-order chi connectivity index (χ0) is 16.2. The van der Waals surface area contributed by atoms with Crippen molar-refractivity contribution in [2.75, 3.05) is 25.4 Å². The van der Waals surface area contributed by atoms with Gasteiger partial charge in [-0.05, 0) is 38.5 Å². The number of rotatable bonds is 7. The molecule has 2 N–H and O–H groups in total. The molecular formula is C15H29N3O3S. The first-order valence-electron chi connectivity index (χ1n) is 8.44. The number of hydrogen-bond donors (Lipinski definition) is 2. The first-order chi connectivity index (χ1) is 10.4. The van der Waals surface area contributed by atoms with Gasteiger partial charge in [-0.2, -0.15) is 0 Å². The van der Waals surface area contributed by atoms with Gasteiger partial charge in [-0.15, -0.1) is 0 Å². The van der Waals surface area contributed by atoms with E-state index in [4.69, 9.17) is 0 Å². The molecule has 128 valence electrons. The van der Waals surface area contributed by atoms with E-state index in [1.807, 2.05) is 13.8 Å². The molecule has 1 aliphatic carbocycles. The van der Waals surface area contributed by atoms with Gasteiger partial charge in [0.05, 0.1) is 5.75 Å². The second-order valence-corrected chi connectivity index (χ2v) is 8.72. The van der Waals surface area contributed by atoms with Crippen molar-refractivity contribution in [2.45, 2.75) is 57.9 Å². The Morgan fingerprint density at radius 1 is 1.23 bits per heavy atom. The number of piperidine rings is 1. The predicted octanol–water partition coefficient (Wildman–Crippen LogP) is 1.68. The van der Waals surface area contributed by atoms with E-state index in [2.05, 4.69) is 10.6 Å². The zero-order valence-corrected chi connectivity index (χ0v) is 14.5. The quantitative estimate of drug-likeness (QED) is 0.745. The van der Waals surface area contributed by atoms with Crippen molar-refractivity contribution in [1.29, 1.82) is 0 Å². The van der Waals surface area contributed by atoms with Gasteiger partial charge in [0.2, 0.25) is 10.0 Å². The lowest BCUT2D eigenvalue weighted by atomic mass is 9.83. The van der Waals surface area contributed by atoms with Crippen molar-refractivity contribution in [2.24, 2.45) is 5.92 Å². The summed E-state index contributed by atoms with van der Waals surface area (Å²) in [5.74, 6) is 0.910. The maximum Gasteiger partial charge on any atom is 0.315 e. The molecule has 0 aromatic carbocycles. The van der Waals surface area contributed by atoms with E-state index in [1.165, 1.54) is 12.8 Å². The summed E-state index contributed by atoms with van der Waals surface area (Å²) < 4.78 is 26.0. The van der Waals surface area contributed by atoms with E-state index in [1.54, 1.807) is 4.31 Å². The van der Waals surface area contributed by atoms with Crippen LogP contribution in [0.5, 0.6) is 0 Å². The fraction of sp³-hybridized carbons (Fsp3) is 0.933. The largest absolute Gasteiger partial charge is 0.338 e. The molecule has 6 nitrogen and oxygen atoms in total. The lowest BCUT2D eigenvalue weighted by molar-refractivity contribution is 0.170. The second kappa shape index (κ2) is 7.17. The van der Waals surface area contributed by atoms with Gasteiger partial charge >= 0.3 is 6.03 Å². The Morgan fingerprint density at radius 3 is 2.36 bits per heavy atom. The minimum atomic E-state index is -3.13. The average molecular weight is 331 g/mol. The Bertz CT molecular complexity index is 480. The van der Waals surface area contributed by atoms with Crippen LogP contribution < -0.4 is 10.6 Å². The minimum absolute atomic E-state index is 0.131. The molecule has 1 saturated carbocycles. The number of sulfonamides is 1. The van der Waals surface area contributed by atoms with Crippen molar-refractivity contribution in [3.05, 3.63) is 0 Å². The highest BCUT2D eigenvalue weighted by molar-refractivity contribution is 7.89. The van der Waals surface area contributed by atoms with Crippen molar-refractivity contribution in [3.63, 3.8) is 0 Å². The maximum atomic E-state index is 12.2. The lowest BCUT2D eigenvalue weighted by Gasteiger charge is -2.42. The molecule has 2 aliphatic rings. The SMILES string of the molecule is CCCS(=O)(=O)N1CCC(CC2CC2)(NC(=O)NCC)CC1. The number of amides is 2. The third-order valence-electron chi connectivity index (χ3n) is 4.63. The lowest BCUT2D eigenvalue weighted by Crippen LogP contribution is -2.58. The highest BCUT2D eigenvalue weighted by Gasteiger charge is 2.42. The van der Waals surface area contributed by atoms with Gasteiger partial charge in [-0.1, -0.05) is 19.8 Å². The molecule has 2 fully saturated rings. The highest BCUT2D eigenvalue weighted by Crippen LogP contribution is 2.40. The number of nitrogens with one attached hydrogen (secondary N) is 2. The molecular weight excluding hydrogens is 302 g/mol. The normalized spacial score (nSPS) is 22.3. The van der Waals surface area contributed by atoms with Crippen LogP contribution in [0, 0.1) is 5.92 Å². The molecule has 0 spiro atoms. The number of urea groups is 1. The molecule has 1 saturated heterocycles. The van der Waals surface area contributed by atoms with E-state index in [0.717, 1.165) is 6.42 Å². The van der Waals surface area contributed by atoms with Crippen LogP contribution in [0.1, 0.15) is 52.4 Å². The monoisotopic (exact) mass is 331 g/mol. The number of carbonyl (C=O) groups is 1. The molecule has 2 amide bonds. The summed E-state index contributed by atoms with van der Waals surface area (Å²) >= 11 is 0. The van der Waals surface area contributed by atoms with E-state index in [9.17, 15) is 13.2 Å². The van der Waals surface area contributed by atoms with Gasteiger partial charge in [0, 0.05) is 25.2 Å². The van der Waals surface area contributed by atoms with Crippen LogP contribution in [0.4, 0.5) is 4.79 Å². The molecule has 0 radical (unpaired) electrons. The van der Waals surface area contributed by atoms with Crippen molar-refractivity contribution >= 4 is 16.1 Å². The van der Waals surface area contributed by atoms with Gasteiger partial charge < -0.3 is 10.6 Å². The molecule has 7 heteroatoms. The van der Waals surface area contributed by atoms with Crippen molar-refractivity contribution < 1.29 is 13.2 Å². The highest BCUT2D eigenvalue weighted by atomic mass is 32.2. The summed E-state index contributed by atoms with van der Waals surface area (Å²) in [7, 11) is -3.13. The molecule has 0 aromatic rings. The van der Waals surface area contributed by atoms with Crippen molar-refractivity contribution in [3.8, 4) is 0 Å². The summed E-state index contributed by atoms with van der Waals surface area (Å²) in [6, 6.07) is -0.131. The Labute approximate surface area is 134 Å². The average Bonchev–Trinajstić information content (AvgIpc) is 3.23. The number of hydrogen-bond acceptors (Lipinski definition) is 3. The fourth-order valence-electron chi connectivity index (χ4n) is 3.28.